The van der Waals surface area contributed by atoms with Gasteiger partial charge in [0.25, 0.3) is 0 Å². The van der Waals surface area contributed by atoms with Crippen molar-refractivity contribution in [1.82, 2.24) is 9.88 Å². The molecule has 118 valence electrons. The van der Waals surface area contributed by atoms with E-state index in [1.807, 2.05) is 24.5 Å². The monoisotopic (exact) mass is 304 g/mol. The second-order valence-electron chi connectivity index (χ2n) is 6.76. The van der Waals surface area contributed by atoms with Crippen LogP contribution in [-0.2, 0) is 0 Å². The topological polar surface area (TPSA) is 16.1 Å². The predicted molar refractivity (Wildman–Crippen MR) is 95.9 cm³/mol. The van der Waals surface area contributed by atoms with Gasteiger partial charge >= 0.3 is 0 Å². The van der Waals surface area contributed by atoms with Crippen molar-refractivity contribution in [2.45, 2.75) is 44.2 Å². The summed E-state index contributed by atoms with van der Waals surface area (Å²) in [4.78, 5) is 6.81. The fourth-order valence-corrected chi connectivity index (χ4v) is 4.11. The lowest BCUT2D eigenvalue weighted by atomic mass is 10.0. The molecule has 2 heteroatoms. The van der Waals surface area contributed by atoms with Gasteiger partial charge in [0.1, 0.15) is 0 Å². The van der Waals surface area contributed by atoms with Crippen LogP contribution in [0.15, 0.2) is 48.8 Å². The summed E-state index contributed by atoms with van der Waals surface area (Å²) in [5.41, 5.74) is 3.95. The molecule has 0 spiro atoms. The molecule has 2 aromatic rings. The predicted octanol–water partition coefficient (Wildman–Crippen LogP) is 4.94. The molecule has 2 nitrogen and oxygen atoms in total. The number of benzene rings is 1. The average Bonchev–Trinajstić information content (AvgIpc) is 3.05. The number of piperidine rings is 1. The maximum Gasteiger partial charge on any atom is 0.0351 e. The molecule has 1 aromatic carbocycles. The molecule has 4 rings (SSSR count). The molecule has 0 radical (unpaired) electrons. The number of rotatable bonds is 3. The Morgan fingerprint density at radius 3 is 2.35 bits per heavy atom. The van der Waals surface area contributed by atoms with Crippen LogP contribution in [-0.4, -0.2) is 22.5 Å². The zero-order chi connectivity index (χ0) is 15.5. The molecule has 2 saturated heterocycles. The summed E-state index contributed by atoms with van der Waals surface area (Å²) in [5, 5.41) is 0. The highest BCUT2D eigenvalue weighted by Crippen LogP contribution is 2.40. The molecule has 0 N–H and O–H groups in total. The van der Waals surface area contributed by atoms with Crippen molar-refractivity contribution in [1.29, 1.82) is 0 Å². The average molecular weight is 304 g/mol. The van der Waals surface area contributed by atoms with Gasteiger partial charge in [0.2, 0.25) is 0 Å². The Balaban J connectivity index is 1.47. The van der Waals surface area contributed by atoms with Crippen LogP contribution in [0.2, 0.25) is 0 Å². The van der Waals surface area contributed by atoms with Gasteiger partial charge in [0.15, 0.2) is 0 Å². The highest BCUT2D eigenvalue weighted by Gasteiger charge is 2.35. The number of aromatic nitrogens is 1. The molecule has 0 amide bonds. The minimum absolute atomic E-state index is 0.651. The molecular formula is C21H24N2. The lowest BCUT2D eigenvalue weighted by Crippen LogP contribution is -2.35. The molecule has 2 aliphatic rings. The summed E-state index contributed by atoms with van der Waals surface area (Å²) in [6.07, 6.45) is 14.9. The standard InChI is InChI=1S/C21H24N2/c1-2-16-23-20(3-1)10-11-21(23)19-8-6-17(7-9-19)4-5-18-12-14-22-15-13-18/h4-9,12-15,20-21H,1-3,10-11,16H2/b5-4+. The van der Waals surface area contributed by atoms with Crippen LogP contribution in [0.3, 0.4) is 0 Å². The third-order valence-corrected chi connectivity index (χ3v) is 5.34. The van der Waals surface area contributed by atoms with Crippen molar-refractivity contribution in [3.05, 3.63) is 65.5 Å². The Morgan fingerprint density at radius 2 is 1.57 bits per heavy atom. The number of fused-ring (bicyclic) bond motifs is 1. The zero-order valence-corrected chi connectivity index (χ0v) is 13.6. The fraction of sp³-hybridized carbons (Fsp3) is 0.381. The van der Waals surface area contributed by atoms with E-state index in [9.17, 15) is 0 Å². The van der Waals surface area contributed by atoms with Gasteiger partial charge in [-0.15, -0.1) is 0 Å². The molecule has 2 atom stereocenters. The lowest BCUT2D eigenvalue weighted by molar-refractivity contribution is 0.150. The molecule has 1 aromatic heterocycles. The molecular weight excluding hydrogens is 280 g/mol. The van der Waals surface area contributed by atoms with E-state index in [0.29, 0.717) is 6.04 Å². The van der Waals surface area contributed by atoms with Gasteiger partial charge in [-0.25, -0.2) is 0 Å². The third-order valence-electron chi connectivity index (χ3n) is 5.34. The van der Waals surface area contributed by atoms with Crippen molar-refractivity contribution in [3.8, 4) is 0 Å². The van der Waals surface area contributed by atoms with Crippen molar-refractivity contribution >= 4 is 12.2 Å². The molecule has 23 heavy (non-hydrogen) atoms. The number of hydrogen-bond acceptors (Lipinski definition) is 2. The van der Waals surface area contributed by atoms with E-state index in [0.717, 1.165) is 6.04 Å². The second kappa shape index (κ2) is 6.67. The summed E-state index contributed by atoms with van der Waals surface area (Å²) in [6.45, 7) is 1.29. The quantitative estimate of drug-likeness (QED) is 0.798. The van der Waals surface area contributed by atoms with Gasteiger partial charge < -0.3 is 0 Å². The summed E-state index contributed by atoms with van der Waals surface area (Å²) < 4.78 is 0. The molecule has 2 fully saturated rings. The van der Waals surface area contributed by atoms with Crippen LogP contribution in [0, 0.1) is 0 Å². The maximum absolute atomic E-state index is 4.05. The Morgan fingerprint density at radius 1 is 0.826 bits per heavy atom. The van der Waals surface area contributed by atoms with Crippen LogP contribution < -0.4 is 0 Å². The Hall–Kier alpha value is -1.93. The smallest absolute Gasteiger partial charge is 0.0351 e. The lowest BCUT2D eigenvalue weighted by Gasteiger charge is -2.34. The molecule has 0 aliphatic carbocycles. The number of nitrogens with zero attached hydrogens (tertiary/aromatic N) is 2. The van der Waals surface area contributed by atoms with E-state index in [4.69, 9.17) is 0 Å². The number of hydrogen-bond donors (Lipinski definition) is 0. The van der Waals surface area contributed by atoms with E-state index in [-0.39, 0.29) is 0 Å². The van der Waals surface area contributed by atoms with E-state index in [1.54, 1.807) is 0 Å². The van der Waals surface area contributed by atoms with Crippen LogP contribution >= 0.6 is 0 Å². The molecule has 3 heterocycles. The first-order valence-corrected chi connectivity index (χ1v) is 8.84. The maximum atomic E-state index is 4.05. The normalized spacial score (nSPS) is 24.9. The Bertz CT molecular complexity index is 660. The van der Waals surface area contributed by atoms with Crippen molar-refractivity contribution < 1.29 is 0 Å². The van der Waals surface area contributed by atoms with Crippen LogP contribution in [0.1, 0.15) is 54.8 Å². The summed E-state index contributed by atoms with van der Waals surface area (Å²) in [7, 11) is 0. The first kappa shape index (κ1) is 14.6. The molecule has 2 unspecified atom stereocenters. The summed E-state index contributed by atoms with van der Waals surface area (Å²) >= 11 is 0. The zero-order valence-electron chi connectivity index (χ0n) is 13.6. The van der Waals surface area contributed by atoms with E-state index in [1.165, 1.54) is 55.3 Å². The van der Waals surface area contributed by atoms with Gasteiger partial charge in [-0.05, 0) is 61.1 Å². The minimum atomic E-state index is 0.651. The van der Waals surface area contributed by atoms with Crippen molar-refractivity contribution in [2.75, 3.05) is 6.54 Å². The third kappa shape index (κ3) is 3.23. The second-order valence-corrected chi connectivity index (χ2v) is 6.76. The van der Waals surface area contributed by atoms with Gasteiger partial charge in [-0.1, -0.05) is 42.8 Å². The fourth-order valence-electron chi connectivity index (χ4n) is 4.11. The van der Waals surface area contributed by atoms with E-state index >= 15 is 0 Å². The van der Waals surface area contributed by atoms with Crippen LogP contribution in [0.25, 0.3) is 12.2 Å². The number of pyridine rings is 1. The van der Waals surface area contributed by atoms with Crippen LogP contribution in [0.4, 0.5) is 0 Å². The first-order chi connectivity index (χ1) is 11.4. The highest BCUT2D eigenvalue weighted by atomic mass is 15.2. The Labute approximate surface area is 138 Å². The van der Waals surface area contributed by atoms with Crippen molar-refractivity contribution in [2.24, 2.45) is 0 Å². The molecule has 2 aliphatic heterocycles. The summed E-state index contributed by atoms with van der Waals surface area (Å²) in [5.74, 6) is 0. The van der Waals surface area contributed by atoms with Crippen molar-refractivity contribution in [3.63, 3.8) is 0 Å². The first-order valence-electron chi connectivity index (χ1n) is 8.84. The minimum Gasteiger partial charge on any atom is -0.293 e. The molecule has 0 saturated carbocycles. The molecule has 0 bridgehead atoms. The highest BCUT2D eigenvalue weighted by molar-refractivity contribution is 5.69. The SMILES string of the molecule is C(=C\c1ccc(C2CCC3CCCCN32)cc1)/c1ccncc1. The van der Waals surface area contributed by atoms with Gasteiger partial charge in [-0.3, -0.25) is 9.88 Å². The summed E-state index contributed by atoms with van der Waals surface area (Å²) in [6, 6.07) is 14.7. The van der Waals surface area contributed by atoms with E-state index in [2.05, 4.69) is 46.3 Å². The van der Waals surface area contributed by atoms with Crippen LogP contribution in [0.5, 0.6) is 0 Å². The van der Waals surface area contributed by atoms with Gasteiger partial charge in [-0.2, -0.15) is 0 Å². The Kier molecular flexibility index (Phi) is 4.25. The van der Waals surface area contributed by atoms with Gasteiger partial charge in [0.05, 0.1) is 0 Å². The van der Waals surface area contributed by atoms with Gasteiger partial charge in [0, 0.05) is 24.5 Å². The largest absolute Gasteiger partial charge is 0.293 e. The van der Waals surface area contributed by atoms with E-state index < -0.39 is 0 Å².